The first-order valence-electron chi connectivity index (χ1n) is 10.5. The van der Waals surface area contributed by atoms with Crippen LogP contribution in [0.15, 0.2) is 72.9 Å². The zero-order valence-corrected chi connectivity index (χ0v) is 18.7. The van der Waals surface area contributed by atoms with Gasteiger partial charge in [0.15, 0.2) is 0 Å². The van der Waals surface area contributed by atoms with E-state index in [0.717, 1.165) is 22.0 Å². The minimum absolute atomic E-state index is 0.0826. The predicted octanol–water partition coefficient (Wildman–Crippen LogP) is 6.35. The Morgan fingerprint density at radius 3 is 2.45 bits per heavy atom. The van der Waals surface area contributed by atoms with Crippen molar-refractivity contribution in [3.8, 4) is 0 Å². The largest absolute Gasteiger partial charge is 0.346 e. The van der Waals surface area contributed by atoms with Crippen molar-refractivity contribution in [1.82, 2.24) is 15.1 Å². The van der Waals surface area contributed by atoms with Gasteiger partial charge in [-0.1, -0.05) is 67.9 Å². The Labute approximate surface area is 187 Å². The summed E-state index contributed by atoms with van der Waals surface area (Å²) in [5, 5.41) is 9.30. The number of nitrogens with zero attached hydrogens (tertiary/aromatic N) is 2. The SMILES string of the molecule is CC(C)c1ccc([C@H](C)NC(=O)c2ccc3cnn(Cc4cccc(Cl)c4)c3c2)cc1. The van der Waals surface area contributed by atoms with Gasteiger partial charge in [-0.3, -0.25) is 9.48 Å². The molecular formula is C26H26ClN3O. The molecule has 4 aromatic rings. The van der Waals surface area contributed by atoms with Gasteiger partial charge in [0.05, 0.1) is 24.3 Å². The quantitative estimate of drug-likeness (QED) is 0.386. The van der Waals surface area contributed by atoms with E-state index in [9.17, 15) is 4.79 Å². The van der Waals surface area contributed by atoms with Crippen molar-refractivity contribution < 1.29 is 4.79 Å². The highest BCUT2D eigenvalue weighted by Crippen LogP contribution is 2.21. The van der Waals surface area contributed by atoms with Gasteiger partial charge in [-0.2, -0.15) is 5.10 Å². The van der Waals surface area contributed by atoms with Gasteiger partial charge in [0.1, 0.15) is 0 Å². The second-order valence-corrected chi connectivity index (χ2v) is 8.66. The summed E-state index contributed by atoms with van der Waals surface area (Å²) in [6.45, 7) is 6.94. The highest BCUT2D eigenvalue weighted by atomic mass is 35.5. The van der Waals surface area contributed by atoms with Gasteiger partial charge in [-0.15, -0.1) is 0 Å². The first-order chi connectivity index (χ1) is 14.9. The molecule has 1 amide bonds. The molecule has 0 aliphatic rings. The highest BCUT2D eigenvalue weighted by Gasteiger charge is 2.14. The summed E-state index contributed by atoms with van der Waals surface area (Å²) in [5.74, 6) is 0.389. The molecule has 4 rings (SSSR count). The lowest BCUT2D eigenvalue weighted by molar-refractivity contribution is 0.0940. The van der Waals surface area contributed by atoms with Crippen molar-refractivity contribution in [1.29, 1.82) is 0 Å². The molecule has 4 nitrogen and oxygen atoms in total. The minimum Gasteiger partial charge on any atom is -0.346 e. The van der Waals surface area contributed by atoms with E-state index in [1.807, 2.05) is 60.3 Å². The normalized spacial score (nSPS) is 12.3. The van der Waals surface area contributed by atoms with E-state index in [4.69, 9.17) is 11.6 Å². The summed E-state index contributed by atoms with van der Waals surface area (Å²) in [6, 6.07) is 21.8. The van der Waals surface area contributed by atoms with Gasteiger partial charge in [-0.25, -0.2) is 0 Å². The van der Waals surface area contributed by atoms with E-state index in [1.54, 1.807) is 0 Å². The van der Waals surface area contributed by atoms with E-state index in [1.165, 1.54) is 5.56 Å². The van der Waals surface area contributed by atoms with E-state index in [-0.39, 0.29) is 11.9 Å². The average Bonchev–Trinajstić information content (AvgIpc) is 3.15. The lowest BCUT2D eigenvalue weighted by Gasteiger charge is -2.16. The smallest absolute Gasteiger partial charge is 0.251 e. The molecule has 0 bridgehead atoms. The molecule has 1 atom stereocenters. The molecule has 0 aliphatic heterocycles. The monoisotopic (exact) mass is 431 g/mol. The van der Waals surface area contributed by atoms with Gasteiger partial charge >= 0.3 is 0 Å². The molecule has 0 unspecified atom stereocenters. The van der Waals surface area contributed by atoms with Crippen molar-refractivity contribution >= 4 is 28.4 Å². The third kappa shape index (κ3) is 4.80. The molecule has 0 fully saturated rings. The Morgan fingerprint density at radius 2 is 1.74 bits per heavy atom. The van der Waals surface area contributed by atoms with Crippen molar-refractivity contribution in [2.45, 2.75) is 39.3 Å². The number of carbonyl (C=O) groups is 1. The van der Waals surface area contributed by atoms with E-state index >= 15 is 0 Å². The van der Waals surface area contributed by atoms with Crippen LogP contribution in [0.3, 0.4) is 0 Å². The van der Waals surface area contributed by atoms with Crippen molar-refractivity contribution in [2.24, 2.45) is 0 Å². The van der Waals surface area contributed by atoms with E-state index in [0.29, 0.717) is 23.0 Å². The molecule has 0 saturated carbocycles. The minimum atomic E-state index is -0.0992. The van der Waals surface area contributed by atoms with Crippen molar-refractivity contribution in [3.05, 3.63) is 100 Å². The molecule has 1 N–H and O–H groups in total. The Balaban J connectivity index is 1.52. The Morgan fingerprint density at radius 1 is 1.00 bits per heavy atom. The first-order valence-corrected chi connectivity index (χ1v) is 10.9. The maximum atomic E-state index is 12.9. The number of hydrogen-bond donors (Lipinski definition) is 1. The molecule has 1 aromatic heterocycles. The summed E-state index contributed by atoms with van der Waals surface area (Å²) in [5.41, 5.74) is 4.98. The number of amides is 1. The molecule has 31 heavy (non-hydrogen) atoms. The molecule has 158 valence electrons. The molecule has 1 heterocycles. The number of fused-ring (bicyclic) bond motifs is 1. The van der Waals surface area contributed by atoms with Gasteiger partial charge in [-0.05, 0) is 53.8 Å². The van der Waals surface area contributed by atoms with Crippen molar-refractivity contribution in [2.75, 3.05) is 0 Å². The lowest BCUT2D eigenvalue weighted by Crippen LogP contribution is -2.26. The van der Waals surface area contributed by atoms with Crippen LogP contribution in [0.1, 0.15) is 59.8 Å². The molecule has 0 saturated heterocycles. The summed E-state index contributed by atoms with van der Waals surface area (Å²) < 4.78 is 1.89. The number of halogens is 1. The molecule has 3 aromatic carbocycles. The summed E-state index contributed by atoms with van der Waals surface area (Å²) >= 11 is 6.11. The number of hydrogen-bond acceptors (Lipinski definition) is 2. The average molecular weight is 432 g/mol. The van der Waals surface area contributed by atoms with Crippen LogP contribution in [0.2, 0.25) is 5.02 Å². The van der Waals surface area contributed by atoms with Gasteiger partial charge in [0, 0.05) is 16.0 Å². The van der Waals surface area contributed by atoms with Gasteiger partial charge in [0.2, 0.25) is 0 Å². The Bertz CT molecular complexity index is 1210. The van der Waals surface area contributed by atoms with Crippen LogP contribution in [0.5, 0.6) is 0 Å². The van der Waals surface area contributed by atoms with Crippen LogP contribution in [0, 0.1) is 0 Å². The predicted molar refractivity (Wildman–Crippen MR) is 127 cm³/mol. The number of aromatic nitrogens is 2. The molecule has 0 aliphatic carbocycles. The maximum absolute atomic E-state index is 12.9. The maximum Gasteiger partial charge on any atom is 0.251 e. The van der Waals surface area contributed by atoms with Crippen molar-refractivity contribution in [3.63, 3.8) is 0 Å². The molecule has 5 heteroatoms. The third-order valence-corrected chi connectivity index (χ3v) is 5.81. The summed E-state index contributed by atoms with van der Waals surface area (Å²) in [7, 11) is 0. The zero-order valence-electron chi connectivity index (χ0n) is 18.0. The highest BCUT2D eigenvalue weighted by molar-refractivity contribution is 6.30. The number of nitrogens with one attached hydrogen (secondary N) is 1. The molecular weight excluding hydrogens is 406 g/mol. The van der Waals surface area contributed by atoms with Crippen LogP contribution in [-0.2, 0) is 6.54 Å². The second-order valence-electron chi connectivity index (χ2n) is 8.22. The van der Waals surface area contributed by atoms with Crippen LogP contribution in [-0.4, -0.2) is 15.7 Å². The van der Waals surface area contributed by atoms with Gasteiger partial charge < -0.3 is 5.32 Å². The van der Waals surface area contributed by atoms with Crippen LogP contribution in [0.25, 0.3) is 10.9 Å². The third-order valence-electron chi connectivity index (χ3n) is 5.58. The summed E-state index contributed by atoms with van der Waals surface area (Å²) in [4.78, 5) is 12.9. The summed E-state index contributed by atoms with van der Waals surface area (Å²) in [6.07, 6.45) is 1.82. The molecule has 0 radical (unpaired) electrons. The van der Waals surface area contributed by atoms with E-state index < -0.39 is 0 Å². The van der Waals surface area contributed by atoms with Crippen LogP contribution < -0.4 is 5.32 Å². The first kappa shape index (κ1) is 21.1. The van der Waals surface area contributed by atoms with Crippen LogP contribution in [0.4, 0.5) is 0 Å². The fraction of sp³-hybridized carbons (Fsp3) is 0.231. The Kier molecular flexibility index (Phi) is 6.10. The number of carbonyl (C=O) groups excluding carboxylic acids is 1. The fourth-order valence-electron chi connectivity index (χ4n) is 3.68. The molecule has 0 spiro atoms. The number of benzene rings is 3. The zero-order chi connectivity index (χ0) is 22.0. The second kappa shape index (κ2) is 8.94. The van der Waals surface area contributed by atoms with Gasteiger partial charge in [0.25, 0.3) is 5.91 Å². The fourth-order valence-corrected chi connectivity index (χ4v) is 3.89. The van der Waals surface area contributed by atoms with Crippen LogP contribution >= 0.6 is 11.6 Å². The lowest BCUT2D eigenvalue weighted by atomic mass is 9.99. The Hall–Kier alpha value is -3.11. The van der Waals surface area contributed by atoms with E-state index in [2.05, 4.69) is 48.5 Å². The number of rotatable bonds is 6. The standard InChI is InChI=1S/C26H26ClN3O/c1-17(2)20-7-9-21(10-8-20)18(3)29-26(31)22-11-12-23-15-28-30(25(23)14-22)16-19-5-4-6-24(27)13-19/h4-15,17-18H,16H2,1-3H3,(H,29,31)/t18-/m0/s1. The topological polar surface area (TPSA) is 46.9 Å².